The van der Waals surface area contributed by atoms with Gasteiger partial charge in [0, 0.05) is 18.2 Å². The largest absolute Gasteiger partial charge is 0.485 e. The van der Waals surface area contributed by atoms with Gasteiger partial charge in [0.25, 0.3) is 0 Å². The van der Waals surface area contributed by atoms with E-state index >= 15 is 0 Å². The summed E-state index contributed by atoms with van der Waals surface area (Å²) in [6.07, 6.45) is 0. The number of carbonyl (C=O) groups excluding carboxylic acids is 1. The van der Waals surface area contributed by atoms with E-state index < -0.39 is 23.6 Å². The highest BCUT2D eigenvalue weighted by atomic mass is 19.1. The van der Waals surface area contributed by atoms with Crippen LogP contribution in [-0.4, -0.2) is 18.7 Å². The van der Waals surface area contributed by atoms with Gasteiger partial charge in [0.2, 0.25) is 18.4 Å². The summed E-state index contributed by atoms with van der Waals surface area (Å²) >= 11 is 0. The first kappa shape index (κ1) is 17.9. The van der Waals surface area contributed by atoms with Crippen LogP contribution in [0, 0.1) is 11.6 Å². The van der Waals surface area contributed by atoms with E-state index in [1.165, 1.54) is 12.1 Å². The second-order valence-corrected chi connectivity index (χ2v) is 5.86. The van der Waals surface area contributed by atoms with Gasteiger partial charge in [0.15, 0.2) is 11.5 Å². The first-order valence-corrected chi connectivity index (χ1v) is 7.96. The lowest BCUT2D eigenvalue weighted by Crippen LogP contribution is -2.38. The number of carbonyl (C=O) groups is 1. The fourth-order valence-electron chi connectivity index (χ4n) is 2.50. The predicted molar refractivity (Wildman–Crippen MR) is 88.8 cm³/mol. The third kappa shape index (κ3) is 4.02. The van der Waals surface area contributed by atoms with Crippen LogP contribution < -0.4 is 25.3 Å². The van der Waals surface area contributed by atoms with E-state index in [2.05, 4.69) is 5.32 Å². The molecule has 2 aromatic rings. The summed E-state index contributed by atoms with van der Waals surface area (Å²) in [6.45, 7) is 2.02. The molecule has 1 heterocycles. The van der Waals surface area contributed by atoms with Crippen molar-refractivity contribution in [3.63, 3.8) is 0 Å². The van der Waals surface area contributed by atoms with Crippen LogP contribution in [0.1, 0.15) is 18.1 Å². The lowest BCUT2D eigenvalue weighted by atomic mass is 10.1. The molecule has 1 aliphatic heterocycles. The maximum absolute atomic E-state index is 13.3. The first-order chi connectivity index (χ1) is 12.4. The number of benzene rings is 2. The Morgan fingerprint density at radius 2 is 1.92 bits per heavy atom. The molecule has 0 saturated carbocycles. The fraction of sp³-hybridized carbons (Fsp3) is 0.278. The van der Waals surface area contributed by atoms with E-state index in [0.29, 0.717) is 29.4 Å². The topological polar surface area (TPSA) is 82.8 Å². The van der Waals surface area contributed by atoms with Crippen molar-refractivity contribution in [3.8, 4) is 17.2 Å². The van der Waals surface area contributed by atoms with Crippen LogP contribution in [-0.2, 0) is 17.9 Å². The number of nitrogens with two attached hydrogens (primary N) is 1. The maximum Gasteiger partial charge on any atom is 0.234 e. The lowest BCUT2D eigenvalue weighted by Gasteiger charge is -2.14. The number of nitrogens with one attached hydrogen (secondary N) is 1. The maximum atomic E-state index is 13.3. The quantitative estimate of drug-likeness (QED) is 0.787. The fourth-order valence-corrected chi connectivity index (χ4v) is 2.50. The number of hydrogen-bond acceptors (Lipinski definition) is 5. The molecule has 0 aliphatic carbocycles. The van der Waals surface area contributed by atoms with E-state index in [-0.39, 0.29) is 13.4 Å². The minimum absolute atomic E-state index is 0.0270. The van der Waals surface area contributed by atoms with Crippen molar-refractivity contribution in [3.05, 3.63) is 53.1 Å². The molecule has 0 saturated heterocycles. The lowest BCUT2D eigenvalue weighted by molar-refractivity contribution is -0.119. The highest BCUT2D eigenvalue weighted by Crippen LogP contribution is 2.43. The Morgan fingerprint density at radius 3 is 2.62 bits per heavy atom. The summed E-state index contributed by atoms with van der Waals surface area (Å²) in [7, 11) is 0. The number of ether oxygens (including phenoxy) is 3. The SMILES string of the molecule is C[C@H](NCc1ccc(OCc2cc(F)cc(F)c2)c2c1OCO2)C(N)=O. The molecule has 0 aromatic heterocycles. The minimum atomic E-state index is -0.668. The Hall–Kier alpha value is -2.87. The standard InChI is InChI=1S/C18H18F2N2O4/c1-10(18(21)23)22-7-12-2-3-15(17-16(12)25-9-26-17)24-8-11-4-13(19)6-14(20)5-11/h2-6,10,22H,7-9H2,1H3,(H2,21,23)/t10-/m0/s1. The molecule has 3 rings (SSSR count). The Kier molecular flexibility index (Phi) is 5.22. The normalized spacial score (nSPS) is 13.5. The van der Waals surface area contributed by atoms with Gasteiger partial charge in [-0.25, -0.2) is 8.78 Å². The van der Waals surface area contributed by atoms with Crippen molar-refractivity contribution in [1.82, 2.24) is 5.32 Å². The highest BCUT2D eigenvalue weighted by Gasteiger charge is 2.23. The van der Waals surface area contributed by atoms with Crippen molar-refractivity contribution in [2.45, 2.75) is 26.1 Å². The molecule has 0 bridgehead atoms. The predicted octanol–water partition coefficient (Wildman–Crippen LogP) is 2.24. The van der Waals surface area contributed by atoms with Gasteiger partial charge in [-0.1, -0.05) is 6.07 Å². The van der Waals surface area contributed by atoms with E-state index in [0.717, 1.165) is 11.6 Å². The Bertz CT molecular complexity index is 809. The molecule has 1 amide bonds. The zero-order valence-electron chi connectivity index (χ0n) is 14.1. The molecule has 2 aromatic carbocycles. The van der Waals surface area contributed by atoms with Crippen LogP contribution in [0.3, 0.4) is 0 Å². The second kappa shape index (κ2) is 7.57. The molecule has 0 radical (unpaired) electrons. The smallest absolute Gasteiger partial charge is 0.234 e. The van der Waals surface area contributed by atoms with E-state index in [9.17, 15) is 13.6 Å². The molecular formula is C18H18F2N2O4. The minimum Gasteiger partial charge on any atom is -0.485 e. The third-order valence-corrected chi connectivity index (χ3v) is 3.91. The summed E-state index contributed by atoms with van der Waals surface area (Å²) in [6, 6.07) is 6.14. The monoisotopic (exact) mass is 364 g/mol. The summed E-state index contributed by atoms with van der Waals surface area (Å²) in [5.74, 6) is -0.489. The molecule has 1 atom stereocenters. The van der Waals surface area contributed by atoms with Crippen LogP contribution in [0.15, 0.2) is 30.3 Å². The molecule has 6 nitrogen and oxygen atoms in total. The average molecular weight is 364 g/mol. The molecule has 138 valence electrons. The number of hydrogen-bond donors (Lipinski definition) is 2. The van der Waals surface area contributed by atoms with E-state index in [1.807, 2.05) is 0 Å². The van der Waals surface area contributed by atoms with E-state index in [4.69, 9.17) is 19.9 Å². The zero-order chi connectivity index (χ0) is 18.7. The van der Waals surface area contributed by atoms with Gasteiger partial charge in [-0.3, -0.25) is 4.79 Å². The van der Waals surface area contributed by atoms with Crippen LogP contribution in [0.4, 0.5) is 8.78 Å². The molecule has 0 unspecified atom stereocenters. The summed E-state index contributed by atoms with van der Waals surface area (Å²) in [5, 5.41) is 2.98. The van der Waals surface area contributed by atoms with Crippen molar-refractivity contribution in [1.29, 1.82) is 0 Å². The van der Waals surface area contributed by atoms with Gasteiger partial charge in [0.1, 0.15) is 18.2 Å². The molecule has 0 fully saturated rings. The molecule has 26 heavy (non-hydrogen) atoms. The first-order valence-electron chi connectivity index (χ1n) is 7.96. The Labute approximate surface area is 148 Å². The number of halogens is 2. The van der Waals surface area contributed by atoms with Crippen molar-refractivity contribution in [2.75, 3.05) is 6.79 Å². The number of primary amides is 1. The number of rotatable bonds is 7. The number of amides is 1. The highest BCUT2D eigenvalue weighted by molar-refractivity contribution is 5.79. The van der Waals surface area contributed by atoms with Gasteiger partial charge in [-0.05, 0) is 30.7 Å². The molecular weight excluding hydrogens is 346 g/mol. The summed E-state index contributed by atoms with van der Waals surface area (Å²) in [4.78, 5) is 11.1. The Morgan fingerprint density at radius 1 is 1.23 bits per heavy atom. The average Bonchev–Trinajstić information content (AvgIpc) is 3.07. The zero-order valence-corrected chi connectivity index (χ0v) is 14.1. The van der Waals surface area contributed by atoms with Crippen molar-refractivity contribution in [2.24, 2.45) is 5.73 Å². The summed E-state index contributed by atoms with van der Waals surface area (Å²) < 4.78 is 43.1. The van der Waals surface area contributed by atoms with Gasteiger partial charge in [0.05, 0.1) is 6.04 Å². The third-order valence-electron chi connectivity index (χ3n) is 3.91. The van der Waals surface area contributed by atoms with Crippen LogP contribution in [0.25, 0.3) is 0 Å². The molecule has 0 spiro atoms. The van der Waals surface area contributed by atoms with Crippen molar-refractivity contribution >= 4 is 5.91 Å². The second-order valence-electron chi connectivity index (χ2n) is 5.86. The van der Waals surface area contributed by atoms with Gasteiger partial charge < -0.3 is 25.3 Å². The number of fused-ring (bicyclic) bond motifs is 1. The molecule has 1 aliphatic rings. The van der Waals surface area contributed by atoms with Crippen molar-refractivity contribution < 1.29 is 27.8 Å². The summed E-state index contributed by atoms with van der Waals surface area (Å²) in [5.41, 5.74) is 6.35. The van der Waals surface area contributed by atoms with Crippen LogP contribution in [0.5, 0.6) is 17.2 Å². The van der Waals surface area contributed by atoms with Gasteiger partial charge >= 0.3 is 0 Å². The van der Waals surface area contributed by atoms with Crippen LogP contribution in [0.2, 0.25) is 0 Å². The van der Waals surface area contributed by atoms with Gasteiger partial charge in [-0.15, -0.1) is 0 Å². The van der Waals surface area contributed by atoms with Crippen LogP contribution >= 0.6 is 0 Å². The molecule has 8 heteroatoms. The van der Waals surface area contributed by atoms with Gasteiger partial charge in [-0.2, -0.15) is 0 Å². The van der Waals surface area contributed by atoms with E-state index in [1.54, 1.807) is 19.1 Å². The Balaban J connectivity index is 1.73. The molecule has 3 N–H and O–H groups in total.